The molecule has 0 saturated carbocycles. The van der Waals surface area contributed by atoms with Crippen LogP contribution in [0.25, 0.3) is 0 Å². The number of nitrogens with zero attached hydrogens (tertiary/aromatic N) is 2. The van der Waals surface area contributed by atoms with E-state index < -0.39 is 0 Å². The quantitative estimate of drug-likeness (QED) is 0.646. The van der Waals surface area contributed by atoms with Crippen LogP contribution in [0.5, 0.6) is 0 Å². The first kappa shape index (κ1) is 14.2. The lowest BCUT2D eigenvalue weighted by Gasteiger charge is -2.18. The fraction of sp³-hybridized carbons (Fsp3) is 0.250. The van der Waals surface area contributed by atoms with Crippen LogP contribution in [0.3, 0.4) is 0 Å². The molecule has 0 saturated heterocycles. The lowest BCUT2D eigenvalue weighted by molar-refractivity contribution is 0.318. The Labute approximate surface area is 119 Å². The van der Waals surface area contributed by atoms with E-state index in [1.54, 1.807) is 6.20 Å². The summed E-state index contributed by atoms with van der Waals surface area (Å²) < 4.78 is 0. The SMILES string of the molecule is Cc1ccccc1CN(C)Cc1ccnc(C(=N)N)c1. The Balaban J connectivity index is 2.05. The van der Waals surface area contributed by atoms with E-state index in [0.29, 0.717) is 5.69 Å². The first-order valence-electron chi connectivity index (χ1n) is 6.58. The minimum absolute atomic E-state index is 0.00778. The second-order valence-corrected chi connectivity index (χ2v) is 5.06. The molecular weight excluding hydrogens is 248 g/mol. The number of pyridine rings is 1. The van der Waals surface area contributed by atoms with E-state index in [4.69, 9.17) is 11.1 Å². The molecule has 2 rings (SSSR count). The van der Waals surface area contributed by atoms with Crippen LogP contribution >= 0.6 is 0 Å². The Hall–Kier alpha value is -2.20. The largest absolute Gasteiger partial charge is 0.382 e. The summed E-state index contributed by atoms with van der Waals surface area (Å²) in [7, 11) is 2.08. The second kappa shape index (κ2) is 6.30. The molecule has 1 heterocycles. The van der Waals surface area contributed by atoms with Crippen molar-refractivity contribution in [3.8, 4) is 0 Å². The molecule has 3 N–H and O–H groups in total. The van der Waals surface area contributed by atoms with Crippen LogP contribution in [-0.4, -0.2) is 22.8 Å². The molecule has 0 aliphatic carbocycles. The number of benzene rings is 1. The predicted octanol–water partition coefficient (Wildman–Crippen LogP) is 2.31. The lowest BCUT2D eigenvalue weighted by Crippen LogP contribution is -2.19. The predicted molar refractivity (Wildman–Crippen MR) is 81.6 cm³/mol. The molecule has 2 aromatic rings. The van der Waals surface area contributed by atoms with Gasteiger partial charge in [0.2, 0.25) is 0 Å². The zero-order valence-electron chi connectivity index (χ0n) is 11.9. The Morgan fingerprint density at radius 2 is 2.00 bits per heavy atom. The highest BCUT2D eigenvalue weighted by Crippen LogP contribution is 2.12. The average molecular weight is 268 g/mol. The van der Waals surface area contributed by atoms with Crippen LogP contribution < -0.4 is 5.73 Å². The standard InChI is InChI=1S/C16H20N4/c1-12-5-3-4-6-14(12)11-20(2)10-13-7-8-19-15(9-13)16(17)18/h3-9H,10-11H2,1-2H3,(H3,17,18). The third-order valence-corrected chi connectivity index (χ3v) is 3.25. The van der Waals surface area contributed by atoms with Gasteiger partial charge >= 0.3 is 0 Å². The van der Waals surface area contributed by atoms with Crippen LogP contribution in [0.1, 0.15) is 22.4 Å². The molecule has 4 nitrogen and oxygen atoms in total. The molecule has 0 spiro atoms. The summed E-state index contributed by atoms with van der Waals surface area (Å²) in [6.07, 6.45) is 1.70. The van der Waals surface area contributed by atoms with Crippen molar-refractivity contribution in [2.24, 2.45) is 5.73 Å². The maximum absolute atomic E-state index is 7.42. The van der Waals surface area contributed by atoms with Gasteiger partial charge in [-0.25, -0.2) is 0 Å². The Kier molecular flexibility index (Phi) is 4.48. The number of aromatic nitrogens is 1. The number of hydrogen-bond acceptors (Lipinski definition) is 3. The monoisotopic (exact) mass is 268 g/mol. The average Bonchev–Trinajstić information content (AvgIpc) is 2.41. The van der Waals surface area contributed by atoms with Gasteiger partial charge in [0.15, 0.2) is 0 Å². The number of amidine groups is 1. The van der Waals surface area contributed by atoms with Crippen molar-refractivity contribution in [1.82, 2.24) is 9.88 Å². The topological polar surface area (TPSA) is 66.0 Å². The van der Waals surface area contributed by atoms with E-state index >= 15 is 0 Å². The van der Waals surface area contributed by atoms with Gasteiger partial charge in [-0.2, -0.15) is 0 Å². The molecule has 4 heteroatoms. The van der Waals surface area contributed by atoms with Gasteiger partial charge in [-0.05, 0) is 42.8 Å². The molecule has 0 amide bonds. The van der Waals surface area contributed by atoms with Crippen molar-refractivity contribution in [1.29, 1.82) is 5.41 Å². The number of aryl methyl sites for hydroxylation is 1. The lowest BCUT2D eigenvalue weighted by atomic mass is 10.1. The summed E-state index contributed by atoms with van der Waals surface area (Å²) in [5.41, 5.74) is 9.74. The van der Waals surface area contributed by atoms with Gasteiger partial charge in [-0.15, -0.1) is 0 Å². The van der Waals surface area contributed by atoms with Crippen molar-refractivity contribution in [2.45, 2.75) is 20.0 Å². The second-order valence-electron chi connectivity index (χ2n) is 5.06. The van der Waals surface area contributed by atoms with Crippen molar-refractivity contribution < 1.29 is 0 Å². The van der Waals surface area contributed by atoms with Crippen molar-refractivity contribution in [2.75, 3.05) is 7.05 Å². The van der Waals surface area contributed by atoms with Crippen LogP contribution in [0.15, 0.2) is 42.6 Å². The maximum Gasteiger partial charge on any atom is 0.141 e. The van der Waals surface area contributed by atoms with Crippen LogP contribution in [0, 0.1) is 12.3 Å². The summed E-state index contributed by atoms with van der Waals surface area (Å²) in [6.45, 7) is 3.82. The number of nitrogens with one attached hydrogen (secondary N) is 1. The van der Waals surface area contributed by atoms with Crippen molar-refractivity contribution in [3.05, 3.63) is 65.0 Å². The normalized spacial score (nSPS) is 10.8. The van der Waals surface area contributed by atoms with Crippen LogP contribution in [0.4, 0.5) is 0 Å². The van der Waals surface area contributed by atoms with E-state index in [1.807, 2.05) is 12.1 Å². The highest BCUT2D eigenvalue weighted by atomic mass is 15.1. The zero-order valence-corrected chi connectivity index (χ0v) is 11.9. The zero-order chi connectivity index (χ0) is 14.5. The van der Waals surface area contributed by atoms with Gasteiger partial charge in [0, 0.05) is 19.3 Å². The van der Waals surface area contributed by atoms with Gasteiger partial charge < -0.3 is 5.73 Å². The maximum atomic E-state index is 7.42. The molecule has 1 aromatic heterocycles. The molecule has 0 unspecified atom stereocenters. The molecule has 0 aliphatic heterocycles. The number of rotatable bonds is 5. The van der Waals surface area contributed by atoms with E-state index in [9.17, 15) is 0 Å². The van der Waals surface area contributed by atoms with E-state index in [0.717, 1.165) is 18.7 Å². The fourth-order valence-electron chi connectivity index (χ4n) is 2.17. The van der Waals surface area contributed by atoms with Crippen LogP contribution in [0.2, 0.25) is 0 Å². The molecule has 1 aromatic carbocycles. The third kappa shape index (κ3) is 3.65. The molecule has 0 atom stereocenters. The summed E-state index contributed by atoms with van der Waals surface area (Å²) in [6, 6.07) is 12.2. The summed E-state index contributed by atoms with van der Waals surface area (Å²) in [4.78, 5) is 6.31. The number of hydrogen-bond donors (Lipinski definition) is 2. The highest BCUT2D eigenvalue weighted by Gasteiger charge is 2.05. The van der Waals surface area contributed by atoms with E-state index in [-0.39, 0.29) is 5.84 Å². The molecule has 0 bridgehead atoms. The minimum atomic E-state index is 0.00778. The molecule has 20 heavy (non-hydrogen) atoms. The highest BCUT2D eigenvalue weighted by molar-refractivity contribution is 5.93. The van der Waals surface area contributed by atoms with Crippen molar-refractivity contribution >= 4 is 5.84 Å². The van der Waals surface area contributed by atoms with Gasteiger partial charge in [-0.1, -0.05) is 24.3 Å². The molecule has 0 aliphatic rings. The third-order valence-electron chi connectivity index (χ3n) is 3.25. The summed E-state index contributed by atoms with van der Waals surface area (Å²) in [5, 5.41) is 7.42. The van der Waals surface area contributed by atoms with E-state index in [1.165, 1.54) is 11.1 Å². The fourth-order valence-corrected chi connectivity index (χ4v) is 2.17. The Bertz CT molecular complexity index is 607. The van der Waals surface area contributed by atoms with Gasteiger partial charge in [0.25, 0.3) is 0 Å². The molecule has 0 radical (unpaired) electrons. The van der Waals surface area contributed by atoms with Gasteiger partial charge in [0.1, 0.15) is 11.5 Å². The smallest absolute Gasteiger partial charge is 0.141 e. The first-order valence-corrected chi connectivity index (χ1v) is 6.58. The Morgan fingerprint density at radius 3 is 2.70 bits per heavy atom. The number of nitrogen functional groups attached to an aromatic ring is 1. The number of nitrogens with two attached hydrogens (primary N) is 1. The summed E-state index contributed by atoms with van der Waals surface area (Å²) >= 11 is 0. The molecule has 0 fully saturated rings. The van der Waals surface area contributed by atoms with Gasteiger partial charge in [-0.3, -0.25) is 15.3 Å². The minimum Gasteiger partial charge on any atom is -0.382 e. The van der Waals surface area contributed by atoms with Crippen LogP contribution in [-0.2, 0) is 13.1 Å². The first-order chi connectivity index (χ1) is 9.56. The Morgan fingerprint density at radius 1 is 1.25 bits per heavy atom. The van der Waals surface area contributed by atoms with Crippen molar-refractivity contribution in [3.63, 3.8) is 0 Å². The van der Waals surface area contributed by atoms with E-state index in [2.05, 4.69) is 48.1 Å². The molecular formula is C16H20N4. The van der Waals surface area contributed by atoms with Gasteiger partial charge in [0.05, 0.1) is 0 Å². The molecule has 104 valence electrons. The summed E-state index contributed by atoms with van der Waals surface area (Å²) in [5.74, 6) is 0.00778.